The third-order valence-electron chi connectivity index (χ3n) is 3.93. The Morgan fingerprint density at radius 1 is 1.48 bits per heavy atom. The van der Waals surface area contributed by atoms with Crippen LogP contribution in [0.25, 0.3) is 0 Å². The van der Waals surface area contributed by atoms with E-state index in [4.69, 9.17) is 0 Å². The van der Waals surface area contributed by atoms with Crippen LogP contribution in [-0.4, -0.2) is 36.9 Å². The van der Waals surface area contributed by atoms with Crippen molar-refractivity contribution in [1.82, 2.24) is 14.2 Å². The summed E-state index contributed by atoms with van der Waals surface area (Å²) in [6.07, 6.45) is 3.47. The van der Waals surface area contributed by atoms with Crippen molar-refractivity contribution < 1.29 is 13.2 Å². The maximum absolute atomic E-state index is 12.9. The number of hydrogen-bond donors (Lipinski definition) is 1. The first-order valence-corrected chi connectivity index (χ1v) is 9.72. The zero-order valence-corrected chi connectivity index (χ0v) is 14.7. The van der Waals surface area contributed by atoms with Gasteiger partial charge in [-0.05, 0) is 37.4 Å². The molecular formula is C15H19N3O3S2. The van der Waals surface area contributed by atoms with Crippen LogP contribution in [0.1, 0.15) is 28.2 Å². The van der Waals surface area contributed by atoms with Crippen LogP contribution >= 0.6 is 11.3 Å². The predicted octanol–water partition coefficient (Wildman–Crippen LogP) is 1.80. The Labute approximate surface area is 139 Å². The number of nitrogens with zero attached hydrogens (tertiary/aromatic N) is 2. The Morgan fingerprint density at radius 3 is 2.78 bits per heavy atom. The monoisotopic (exact) mass is 353 g/mol. The minimum absolute atomic E-state index is 0.109. The molecule has 0 radical (unpaired) electrons. The van der Waals surface area contributed by atoms with Crippen molar-refractivity contribution in [3.63, 3.8) is 0 Å². The average Bonchev–Trinajstić information content (AvgIpc) is 3.07. The highest BCUT2D eigenvalue weighted by Crippen LogP contribution is 2.31. The van der Waals surface area contributed by atoms with Crippen molar-refractivity contribution >= 4 is 27.3 Å². The molecule has 0 saturated heterocycles. The second-order valence-corrected chi connectivity index (χ2v) is 8.54. The molecule has 1 amide bonds. The minimum Gasteiger partial charge on any atom is -0.345 e. The molecule has 1 aliphatic rings. The molecule has 2 heterocycles. The van der Waals surface area contributed by atoms with E-state index in [1.807, 2.05) is 22.4 Å². The number of hydrogen-bond acceptors (Lipinski definition) is 4. The molecule has 6 nitrogen and oxygen atoms in total. The summed E-state index contributed by atoms with van der Waals surface area (Å²) in [5.41, 5.74) is 0.391. The van der Waals surface area contributed by atoms with E-state index < -0.39 is 10.0 Å². The van der Waals surface area contributed by atoms with Crippen molar-refractivity contribution in [3.05, 3.63) is 40.3 Å². The molecule has 0 aliphatic heterocycles. The van der Waals surface area contributed by atoms with E-state index in [1.54, 1.807) is 23.0 Å². The van der Waals surface area contributed by atoms with Gasteiger partial charge in [-0.3, -0.25) is 4.79 Å². The molecule has 2 aromatic rings. The van der Waals surface area contributed by atoms with Crippen LogP contribution in [0.15, 0.2) is 34.7 Å². The number of carbonyl (C=O) groups is 1. The summed E-state index contributed by atoms with van der Waals surface area (Å²) in [6.45, 7) is 0.570. The number of nitrogens with one attached hydrogen (secondary N) is 1. The number of thiophene rings is 1. The number of sulfonamides is 1. The number of aryl methyl sites for hydroxylation is 1. The standard InChI is InChI=1S/C15H19N3O3S2/c1-16-23(20,21)13-8-14(17(2)10-13)15(19)18(11-5-6-11)9-12-4-3-7-22-12/h3-4,7-8,10-11,16H,5-6,9H2,1-2H3. The van der Waals surface area contributed by atoms with Crippen molar-refractivity contribution in [2.45, 2.75) is 30.3 Å². The van der Waals surface area contributed by atoms with E-state index in [2.05, 4.69) is 4.72 Å². The predicted molar refractivity (Wildman–Crippen MR) is 88.9 cm³/mol. The fourth-order valence-corrected chi connectivity index (χ4v) is 3.98. The maximum atomic E-state index is 12.9. The maximum Gasteiger partial charge on any atom is 0.271 e. The molecule has 2 aromatic heterocycles. The third kappa shape index (κ3) is 3.34. The lowest BCUT2D eigenvalue weighted by molar-refractivity contribution is 0.0722. The normalized spacial score (nSPS) is 14.9. The van der Waals surface area contributed by atoms with Gasteiger partial charge in [0.2, 0.25) is 10.0 Å². The summed E-state index contributed by atoms with van der Waals surface area (Å²) in [7, 11) is -0.502. The van der Waals surface area contributed by atoms with Gasteiger partial charge >= 0.3 is 0 Å². The van der Waals surface area contributed by atoms with Crippen molar-refractivity contribution in [3.8, 4) is 0 Å². The first-order chi connectivity index (χ1) is 10.9. The summed E-state index contributed by atoms with van der Waals surface area (Å²) in [5.74, 6) is -0.124. The summed E-state index contributed by atoms with van der Waals surface area (Å²) in [6, 6.07) is 5.67. The van der Waals surface area contributed by atoms with Crippen LogP contribution in [0, 0.1) is 0 Å². The fraction of sp³-hybridized carbons (Fsp3) is 0.400. The lowest BCUT2D eigenvalue weighted by Gasteiger charge is -2.22. The van der Waals surface area contributed by atoms with Gasteiger partial charge in [0.05, 0.1) is 6.54 Å². The lowest BCUT2D eigenvalue weighted by Crippen LogP contribution is -2.33. The smallest absolute Gasteiger partial charge is 0.271 e. The number of amides is 1. The van der Waals surface area contributed by atoms with Gasteiger partial charge in [0.15, 0.2) is 0 Å². The Balaban J connectivity index is 1.89. The first-order valence-electron chi connectivity index (χ1n) is 7.35. The van der Waals surface area contributed by atoms with Crippen molar-refractivity contribution in [1.29, 1.82) is 0 Å². The van der Waals surface area contributed by atoms with E-state index in [-0.39, 0.29) is 16.8 Å². The molecule has 8 heteroatoms. The molecular weight excluding hydrogens is 334 g/mol. The van der Waals surface area contributed by atoms with Gasteiger partial charge in [0.25, 0.3) is 5.91 Å². The molecule has 1 N–H and O–H groups in total. The lowest BCUT2D eigenvalue weighted by atomic mass is 10.3. The van der Waals surface area contributed by atoms with Gasteiger partial charge in [-0.2, -0.15) is 0 Å². The molecule has 0 aromatic carbocycles. The van der Waals surface area contributed by atoms with E-state index in [0.29, 0.717) is 12.2 Å². The number of aromatic nitrogens is 1. The molecule has 1 aliphatic carbocycles. The second kappa shape index (κ2) is 6.10. The highest BCUT2D eigenvalue weighted by molar-refractivity contribution is 7.89. The van der Waals surface area contributed by atoms with Crippen LogP contribution in [0.5, 0.6) is 0 Å². The van der Waals surface area contributed by atoms with E-state index in [0.717, 1.165) is 17.7 Å². The highest BCUT2D eigenvalue weighted by Gasteiger charge is 2.34. The van der Waals surface area contributed by atoms with Crippen LogP contribution in [0.3, 0.4) is 0 Å². The molecule has 1 saturated carbocycles. The van der Waals surface area contributed by atoms with Crippen molar-refractivity contribution in [2.75, 3.05) is 7.05 Å². The van der Waals surface area contributed by atoms with Gasteiger partial charge in [0, 0.05) is 24.2 Å². The Morgan fingerprint density at radius 2 is 2.22 bits per heavy atom. The molecule has 0 atom stereocenters. The number of rotatable bonds is 6. The van der Waals surface area contributed by atoms with E-state index >= 15 is 0 Å². The second-order valence-electron chi connectivity index (χ2n) is 5.62. The molecule has 3 rings (SSSR count). The Hall–Kier alpha value is -1.64. The molecule has 0 unspecified atom stereocenters. The Kier molecular flexibility index (Phi) is 4.31. The van der Waals surface area contributed by atoms with Gasteiger partial charge in [-0.25, -0.2) is 13.1 Å². The SMILES string of the molecule is CNS(=O)(=O)c1cc(C(=O)N(Cc2cccs2)C2CC2)n(C)c1. The largest absolute Gasteiger partial charge is 0.345 e. The van der Waals surface area contributed by atoms with E-state index in [1.165, 1.54) is 19.3 Å². The zero-order valence-electron chi connectivity index (χ0n) is 13.0. The van der Waals surface area contributed by atoms with Crippen LogP contribution < -0.4 is 4.72 Å². The summed E-state index contributed by atoms with van der Waals surface area (Å²) >= 11 is 1.62. The number of carbonyl (C=O) groups excluding carboxylic acids is 1. The quantitative estimate of drug-likeness (QED) is 0.861. The summed E-state index contributed by atoms with van der Waals surface area (Å²) < 4.78 is 27.7. The van der Waals surface area contributed by atoms with Gasteiger partial charge in [0.1, 0.15) is 10.6 Å². The molecule has 0 bridgehead atoms. The Bertz CT molecular complexity index is 805. The molecule has 0 spiro atoms. The minimum atomic E-state index is -3.55. The topological polar surface area (TPSA) is 71.4 Å². The van der Waals surface area contributed by atoms with Gasteiger partial charge in [-0.1, -0.05) is 6.07 Å². The van der Waals surface area contributed by atoms with E-state index in [9.17, 15) is 13.2 Å². The van der Waals surface area contributed by atoms with Crippen LogP contribution in [0.4, 0.5) is 0 Å². The molecule has 23 heavy (non-hydrogen) atoms. The zero-order chi connectivity index (χ0) is 16.6. The van der Waals surface area contributed by atoms with Crippen molar-refractivity contribution in [2.24, 2.45) is 7.05 Å². The van der Waals surface area contributed by atoms with Crippen LogP contribution in [0.2, 0.25) is 0 Å². The summed E-state index contributed by atoms with van der Waals surface area (Å²) in [4.78, 5) is 16.0. The van der Waals surface area contributed by atoms with Gasteiger partial charge in [-0.15, -0.1) is 11.3 Å². The first kappa shape index (κ1) is 16.2. The third-order valence-corrected chi connectivity index (χ3v) is 6.18. The molecule has 124 valence electrons. The average molecular weight is 353 g/mol. The van der Waals surface area contributed by atoms with Gasteiger partial charge < -0.3 is 9.47 Å². The molecule has 1 fully saturated rings. The summed E-state index contributed by atoms with van der Waals surface area (Å²) in [5, 5.41) is 1.99. The van der Waals surface area contributed by atoms with Crippen LogP contribution in [-0.2, 0) is 23.6 Å². The highest BCUT2D eigenvalue weighted by atomic mass is 32.2. The fourth-order valence-electron chi connectivity index (χ4n) is 2.48.